The lowest BCUT2D eigenvalue weighted by molar-refractivity contribution is -0.139. The molecule has 7 nitrogen and oxygen atoms in total. The summed E-state index contributed by atoms with van der Waals surface area (Å²) in [7, 11) is -3.73. The quantitative estimate of drug-likeness (QED) is 0.573. The van der Waals surface area contributed by atoms with E-state index in [1.807, 2.05) is 58.0 Å². The highest BCUT2D eigenvalue weighted by molar-refractivity contribution is 7.92. The monoisotopic (exact) mass is 473 g/mol. The van der Waals surface area contributed by atoms with Gasteiger partial charge in [0.15, 0.2) is 0 Å². The molecule has 8 heteroatoms. The van der Waals surface area contributed by atoms with Gasteiger partial charge in [0.2, 0.25) is 21.8 Å². The van der Waals surface area contributed by atoms with Gasteiger partial charge in [-0.05, 0) is 57.4 Å². The molecule has 1 N–H and O–H groups in total. The van der Waals surface area contributed by atoms with Gasteiger partial charge in [-0.3, -0.25) is 13.9 Å². The van der Waals surface area contributed by atoms with Crippen LogP contribution in [0.5, 0.6) is 0 Å². The topological polar surface area (TPSA) is 86.8 Å². The predicted octanol–water partition coefficient (Wildman–Crippen LogP) is 3.40. The Morgan fingerprint density at radius 2 is 1.61 bits per heavy atom. The maximum Gasteiger partial charge on any atom is 0.244 e. The molecule has 0 heterocycles. The van der Waals surface area contributed by atoms with Crippen molar-refractivity contribution >= 4 is 27.5 Å². The smallest absolute Gasteiger partial charge is 0.244 e. The number of carbonyl (C=O) groups excluding carboxylic acids is 2. The number of hydrogen-bond donors (Lipinski definition) is 1. The van der Waals surface area contributed by atoms with Gasteiger partial charge in [0, 0.05) is 12.6 Å². The molecule has 0 aliphatic heterocycles. The minimum absolute atomic E-state index is 0.0318. The Bertz CT molecular complexity index is 1080. The number of hydrogen-bond acceptors (Lipinski definition) is 4. The molecule has 2 aromatic rings. The third kappa shape index (κ3) is 7.60. The van der Waals surface area contributed by atoms with E-state index < -0.39 is 28.5 Å². The molecular weight excluding hydrogens is 438 g/mol. The van der Waals surface area contributed by atoms with E-state index in [1.165, 1.54) is 4.90 Å². The van der Waals surface area contributed by atoms with Gasteiger partial charge in [0.1, 0.15) is 12.6 Å². The number of anilines is 1. The van der Waals surface area contributed by atoms with Crippen LogP contribution >= 0.6 is 0 Å². The average Bonchev–Trinajstić information content (AvgIpc) is 2.74. The van der Waals surface area contributed by atoms with Crippen LogP contribution in [0.4, 0.5) is 5.69 Å². The van der Waals surface area contributed by atoms with Crippen LogP contribution in [0, 0.1) is 13.8 Å². The van der Waals surface area contributed by atoms with Crippen LogP contribution in [-0.4, -0.2) is 50.0 Å². The summed E-state index contributed by atoms with van der Waals surface area (Å²) < 4.78 is 26.2. The Labute approximate surface area is 197 Å². The second kappa shape index (κ2) is 11.3. The largest absolute Gasteiger partial charge is 0.352 e. The van der Waals surface area contributed by atoms with Crippen molar-refractivity contribution in [1.82, 2.24) is 10.2 Å². The second-order valence-corrected chi connectivity index (χ2v) is 10.5. The number of nitrogens with one attached hydrogen (secondary N) is 1. The SMILES string of the molecule is CC[C@H](C)NC(=O)[C@H](C)N(Cc1cccc(C)c1)C(=O)CN(c1cccc(C)c1)S(C)(=O)=O. The summed E-state index contributed by atoms with van der Waals surface area (Å²) in [6, 6.07) is 13.9. The van der Waals surface area contributed by atoms with Crippen molar-refractivity contribution < 1.29 is 18.0 Å². The highest BCUT2D eigenvalue weighted by atomic mass is 32.2. The van der Waals surface area contributed by atoms with E-state index in [9.17, 15) is 18.0 Å². The normalized spacial score (nSPS) is 13.2. The van der Waals surface area contributed by atoms with Crippen molar-refractivity contribution in [2.24, 2.45) is 0 Å². The molecule has 2 amide bonds. The zero-order chi connectivity index (χ0) is 24.8. The lowest BCUT2D eigenvalue weighted by Gasteiger charge is -2.32. The third-order valence-electron chi connectivity index (χ3n) is 5.57. The van der Waals surface area contributed by atoms with Crippen LogP contribution in [0.1, 0.15) is 43.9 Å². The number of carbonyl (C=O) groups is 2. The van der Waals surface area contributed by atoms with Crippen molar-refractivity contribution in [1.29, 1.82) is 0 Å². The fourth-order valence-electron chi connectivity index (χ4n) is 3.45. The lowest BCUT2D eigenvalue weighted by Crippen LogP contribution is -2.52. The average molecular weight is 474 g/mol. The fraction of sp³-hybridized carbons (Fsp3) is 0.440. The Balaban J connectivity index is 2.38. The summed E-state index contributed by atoms with van der Waals surface area (Å²) in [5, 5.41) is 2.92. The molecule has 0 aliphatic carbocycles. The maximum absolute atomic E-state index is 13.5. The molecule has 0 radical (unpaired) electrons. The van der Waals surface area contributed by atoms with E-state index in [0.717, 1.165) is 33.7 Å². The van der Waals surface area contributed by atoms with Crippen LogP contribution in [-0.2, 0) is 26.2 Å². The number of sulfonamides is 1. The molecule has 0 saturated heterocycles. The van der Waals surface area contributed by atoms with Crippen molar-refractivity contribution in [2.45, 2.75) is 59.7 Å². The molecule has 0 aromatic heterocycles. The maximum atomic E-state index is 13.5. The summed E-state index contributed by atoms with van der Waals surface area (Å²) in [5.74, 6) is -0.720. The third-order valence-corrected chi connectivity index (χ3v) is 6.71. The molecule has 0 aliphatic rings. The van der Waals surface area contributed by atoms with Gasteiger partial charge in [0.05, 0.1) is 11.9 Å². The molecule has 0 saturated carbocycles. The van der Waals surface area contributed by atoms with Gasteiger partial charge in [-0.25, -0.2) is 8.42 Å². The summed E-state index contributed by atoms with van der Waals surface area (Å²) in [5.41, 5.74) is 3.20. The molecule has 0 spiro atoms. The first-order chi connectivity index (χ1) is 15.4. The standard InChI is InChI=1S/C25H35N3O4S/c1-7-20(4)26-25(30)21(5)27(16-22-12-8-10-18(2)14-22)24(29)17-28(33(6,31)32)23-13-9-11-19(3)15-23/h8-15,20-21H,7,16-17H2,1-6H3,(H,26,30)/t20-,21-/m0/s1. The van der Waals surface area contributed by atoms with Crippen molar-refractivity contribution in [3.8, 4) is 0 Å². The Morgan fingerprint density at radius 1 is 1.00 bits per heavy atom. The lowest BCUT2D eigenvalue weighted by atomic mass is 10.1. The van der Waals surface area contributed by atoms with Gasteiger partial charge in [0.25, 0.3) is 0 Å². The molecule has 33 heavy (non-hydrogen) atoms. The molecule has 2 aromatic carbocycles. The van der Waals surface area contributed by atoms with Crippen LogP contribution in [0.15, 0.2) is 48.5 Å². The highest BCUT2D eigenvalue weighted by Crippen LogP contribution is 2.20. The molecule has 2 rings (SSSR count). The molecular formula is C25H35N3O4S. The van der Waals surface area contributed by atoms with Crippen LogP contribution in [0.2, 0.25) is 0 Å². The molecule has 0 fully saturated rings. The summed E-state index contributed by atoms with van der Waals surface area (Å²) >= 11 is 0. The Morgan fingerprint density at radius 3 is 2.15 bits per heavy atom. The Hall–Kier alpha value is -2.87. The van der Waals surface area contributed by atoms with Crippen LogP contribution < -0.4 is 9.62 Å². The first-order valence-corrected chi connectivity index (χ1v) is 13.0. The van der Waals surface area contributed by atoms with Crippen molar-refractivity contribution in [3.05, 3.63) is 65.2 Å². The van der Waals surface area contributed by atoms with E-state index in [4.69, 9.17) is 0 Å². The van der Waals surface area contributed by atoms with Gasteiger partial charge in [-0.15, -0.1) is 0 Å². The fourth-order valence-corrected chi connectivity index (χ4v) is 4.29. The minimum atomic E-state index is -3.73. The number of rotatable bonds is 10. The van der Waals surface area contributed by atoms with E-state index in [0.29, 0.717) is 5.69 Å². The van der Waals surface area contributed by atoms with Gasteiger partial charge >= 0.3 is 0 Å². The zero-order valence-corrected chi connectivity index (χ0v) is 21.1. The molecule has 0 unspecified atom stereocenters. The second-order valence-electron chi connectivity index (χ2n) is 8.61. The minimum Gasteiger partial charge on any atom is -0.352 e. The molecule has 0 bridgehead atoms. The summed E-state index contributed by atoms with van der Waals surface area (Å²) in [6.07, 6.45) is 1.84. The van der Waals surface area contributed by atoms with Crippen LogP contribution in [0.3, 0.4) is 0 Å². The van der Waals surface area contributed by atoms with Crippen LogP contribution in [0.25, 0.3) is 0 Å². The first-order valence-electron chi connectivity index (χ1n) is 11.1. The van der Waals surface area contributed by atoms with E-state index in [1.54, 1.807) is 25.1 Å². The van der Waals surface area contributed by atoms with Crippen molar-refractivity contribution in [3.63, 3.8) is 0 Å². The Kier molecular flexibility index (Phi) is 9.05. The van der Waals surface area contributed by atoms with E-state index >= 15 is 0 Å². The number of benzene rings is 2. The summed E-state index contributed by atoms with van der Waals surface area (Å²) in [6.45, 7) is 9.16. The number of aryl methyl sites for hydroxylation is 2. The zero-order valence-electron chi connectivity index (χ0n) is 20.3. The predicted molar refractivity (Wildman–Crippen MR) is 132 cm³/mol. The number of amides is 2. The summed E-state index contributed by atoms with van der Waals surface area (Å²) in [4.78, 5) is 27.8. The van der Waals surface area contributed by atoms with Gasteiger partial charge in [-0.2, -0.15) is 0 Å². The van der Waals surface area contributed by atoms with E-state index in [2.05, 4.69) is 5.32 Å². The molecule has 180 valence electrons. The van der Waals surface area contributed by atoms with Gasteiger partial charge in [-0.1, -0.05) is 48.9 Å². The number of nitrogens with zero attached hydrogens (tertiary/aromatic N) is 2. The van der Waals surface area contributed by atoms with Gasteiger partial charge < -0.3 is 10.2 Å². The van der Waals surface area contributed by atoms with Crippen molar-refractivity contribution in [2.75, 3.05) is 17.1 Å². The molecule has 2 atom stereocenters. The van der Waals surface area contributed by atoms with E-state index in [-0.39, 0.29) is 18.5 Å². The highest BCUT2D eigenvalue weighted by Gasteiger charge is 2.30. The first kappa shape index (κ1) is 26.4.